The molecule has 152 valence electrons. The summed E-state index contributed by atoms with van der Waals surface area (Å²) in [5.41, 5.74) is 0.403. The van der Waals surface area contributed by atoms with Crippen LogP contribution in [0.25, 0.3) is 5.82 Å². The second-order valence-electron chi connectivity index (χ2n) is 6.11. The van der Waals surface area contributed by atoms with Crippen LogP contribution in [0.2, 0.25) is 0 Å². The molecule has 2 aromatic carbocycles. The topological polar surface area (TPSA) is 108 Å². The van der Waals surface area contributed by atoms with Gasteiger partial charge >= 0.3 is 0 Å². The number of sulfonamides is 1. The summed E-state index contributed by atoms with van der Waals surface area (Å²) in [5.74, 6) is 2.00. The summed E-state index contributed by atoms with van der Waals surface area (Å²) in [5, 5.41) is 8.10. The van der Waals surface area contributed by atoms with Crippen molar-refractivity contribution in [1.82, 2.24) is 19.7 Å². The van der Waals surface area contributed by atoms with Crippen molar-refractivity contribution in [3.05, 3.63) is 79.4 Å². The maximum Gasteiger partial charge on any atom is 0.261 e. The van der Waals surface area contributed by atoms with Gasteiger partial charge < -0.3 is 9.47 Å². The summed E-state index contributed by atoms with van der Waals surface area (Å²) in [4.78, 5) is 4.09. The number of anilines is 1. The van der Waals surface area contributed by atoms with E-state index < -0.39 is 10.0 Å². The number of benzene rings is 2. The number of ether oxygens (including phenoxy) is 2. The van der Waals surface area contributed by atoms with Gasteiger partial charge in [0.15, 0.2) is 5.82 Å². The summed E-state index contributed by atoms with van der Waals surface area (Å²) in [7, 11) is -2.19. The third-order valence-electron chi connectivity index (χ3n) is 4.09. The molecule has 0 fully saturated rings. The number of nitrogens with zero attached hydrogens (tertiary/aromatic N) is 4. The van der Waals surface area contributed by atoms with E-state index in [1.54, 1.807) is 71.8 Å². The van der Waals surface area contributed by atoms with Crippen LogP contribution in [-0.4, -0.2) is 35.3 Å². The van der Waals surface area contributed by atoms with E-state index in [0.29, 0.717) is 28.9 Å². The minimum atomic E-state index is -3.71. The van der Waals surface area contributed by atoms with E-state index in [1.165, 1.54) is 19.2 Å². The van der Waals surface area contributed by atoms with E-state index >= 15 is 0 Å². The van der Waals surface area contributed by atoms with Crippen molar-refractivity contribution in [3.63, 3.8) is 0 Å². The Bertz CT molecular complexity index is 1210. The predicted molar refractivity (Wildman–Crippen MR) is 109 cm³/mol. The van der Waals surface area contributed by atoms with Gasteiger partial charge in [0.25, 0.3) is 10.0 Å². The molecule has 0 radical (unpaired) electrons. The van der Waals surface area contributed by atoms with Crippen molar-refractivity contribution in [2.24, 2.45) is 0 Å². The number of hydrogen-bond acceptors (Lipinski definition) is 7. The molecule has 0 saturated carbocycles. The summed E-state index contributed by atoms with van der Waals surface area (Å²) < 4.78 is 39.9. The number of rotatable bonds is 7. The lowest BCUT2D eigenvalue weighted by molar-refractivity contribution is 0.414. The molecule has 0 spiro atoms. The summed E-state index contributed by atoms with van der Waals surface area (Å²) in [6.07, 6.45) is 5.03. The Balaban J connectivity index is 1.42. The fourth-order valence-electron chi connectivity index (χ4n) is 2.58. The van der Waals surface area contributed by atoms with E-state index in [-0.39, 0.29) is 4.90 Å². The monoisotopic (exact) mass is 423 g/mol. The van der Waals surface area contributed by atoms with Crippen molar-refractivity contribution in [2.45, 2.75) is 4.90 Å². The zero-order valence-corrected chi connectivity index (χ0v) is 16.7. The van der Waals surface area contributed by atoms with Crippen LogP contribution >= 0.6 is 0 Å². The molecule has 0 aliphatic rings. The SMILES string of the molecule is COc1ccc(S(=O)(=O)Nc2ccc(Oc3ccc(-n4ccnc4)nn3)cc2)cc1. The Morgan fingerprint density at radius 2 is 1.63 bits per heavy atom. The van der Waals surface area contributed by atoms with Gasteiger partial charge in [0, 0.05) is 24.1 Å². The second kappa shape index (κ2) is 8.21. The first-order valence-corrected chi connectivity index (χ1v) is 10.3. The van der Waals surface area contributed by atoms with E-state index in [2.05, 4.69) is 19.9 Å². The van der Waals surface area contributed by atoms with Gasteiger partial charge in [-0.05, 0) is 54.6 Å². The Hall–Kier alpha value is -3.92. The standard InChI is InChI=1S/C20H17N5O4S/c1-28-16-6-8-18(9-7-16)30(26,27)24-15-2-4-17(5-3-15)29-20-11-10-19(22-23-20)25-13-12-21-14-25/h2-14,24H,1H3. The molecule has 0 aliphatic heterocycles. The van der Waals surface area contributed by atoms with Crippen LogP contribution in [0, 0.1) is 0 Å². The predicted octanol–water partition coefficient (Wildman–Crippen LogP) is 3.26. The highest BCUT2D eigenvalue weighted by molar-refractivity contribution is 7.92. The first-order valence-electron chi connectivity index (χ1n) is 8.80. The molecule has 0 aliphatic carbocycles. The molecule has 0 saturated heterocycles. The molecular formula is C20H17N5O4S. The van der Waals surface area contributed by atoms with E-state index in [1.807, 2.05) is 0 Å². The van der Waals surface area contributed by atoms with E-state index in [0.717, 1.165) is 0 Å². The van der Waals surface area contributed by atoms with Gasteiger partial charge in [-0.3, -0.25) is 9.29 Å². The van der Waals surface area contributed by atoms with Gasteiger partial charge in [0.2, 0.25) is 5.88 Å². The van der Waals surface area contributed by atoms with Crippen molar-refractivity contribution in [1.29, 1.82) is 0 Å². The van der Waals surface area contributed by atoms with Crippen LogP contribution in [0.3, 0.4) is 0 Å². The van der Waals surface area contributed by atoms with E-state index in [4.69, 9.17) is 9.47 Å². The molecule has 0 amide bonds. The van der Waals surface area contributed by atoms with Crippen molar-refractivity contribution < 1.29 is 17.9 Å². The highest BCUT2D eigenvalue weighted by Gasteiger charge is 2.14. The molecule has 0 bridgehead atoms. The fourth-order valence-corrected chi connectivity index (χ4v) is 3.64. The van der Waals surface area contributed by atoms with Crippen molar-refractivity contribution in [3.8, 4) is 23.2 Å². The number of methoxy groups -OCH3 is 1. The molecule has 2 heterocycles. The highest BCUT2D eigenvalue weighted by Crippen LogP contribution is 2.24. The molecule has 0 atom stereocenters. The van der Waals surface area contributed by atoms with Crippen molar-refractivity contribution in [2.75, 3.05) is 11.8 Å². The summed E-state index contributed by atoms with van der Waals surface area (Å²) in [6.45, 7) is 0. The maximum absolute atomic E-state index is 12.5. The molecule has 1 N–H and O–H groups in total. The van der Waals surface area contributed by atoms with Crippen LogP contribution in [0.1, 0.15) is 0 Å². The average molecular weight is 423 g/mol. The Labute approximate surface area is 173 Å². The van der Waals surface area contributed by atoms with Crippen molar-refractivity contribution >= 4 is 15.7 Å². The molecular weight excluding hydrogens is 406 g/mol. The van der Waals surface area contributed by atoms with Gasteiger partial charge in [-0.25, -0.2) is 13.4 Å². The molecule has 4 aromatic rings. The highest BCUT2D eigenvalue weighted by atomic mass is 32.2. The summed E-state index contributed by atoms with van der Waals surface area (Å²) in [6, 6.07) is 16.0. The molecule has 2 aromatic heterocycles. The lowest BCUT2D eigenvalue weighted by Gasteiger charge is -2.10. The first-order chi connectivity index (χ1) is 14.5. The lowest BCUT2D eigenvalue weighted by Crippen LogP contribution is -2.12. The number of nitrogens with one attached hydrogen (secondary N) is 1. The van der Waals surface area contributed by atoms with Gasteiger partial charge in [0.05, 0.1) is 12.0 Å². The lowest BCUT2D eigenvalue weighted by atomic mass is 10.3. The smallest absolute Gasteiger partial charge is 0.261 e. The molecule has 9 nitrogen and oxygen atoms in total. The number of aromatic nitrogens is 4. The van der Waals surface area contributed by atoms with Crippen LogP contribution < -0.4 is 14.2 Å². The van der Waals surface area contributed by atoms with Gasteiger partial charge in [-0.2, -0.15) is 0 Å². The third-order valence-corrected chi connectivity index (χ3v) is 5.49. The first kappa shape index (κ1) is 19.4. The minimum absolute atomic E-state index is 0.136. The number of imidazole rings is 1. The largest absolute Gasteiger partial charge is 0.497 e. The molecule has 4 rings (SSSR count). The van der Waals surface area contributed by atoms with Gasteiger partial charge in [-0.1, -0.05) is 0 Å². The van der Waals surface area contributed by atoms with Gasteiger partial charge in [-0.15, -0.1) is 10.2 Å². The van der Waals surface area contributed by atoms with Crippen LogP contribution in [0.15, 0.2) is 84.3 Å². The number of hydrogen-bond donors (Lipinski definition) is 1. The summed E-state index contributed by atoms with van der Waals surface area (Å²) >= 11 is 0. The van der Waals surface area contributed by atoms with Gasteiger partial charge in [0.1, 0.15) is 17.8 Å². The Morgan fingerprint density at radius 1 is 0.900 bits per heavy atom. The molecule has 30 heavy (non-hydrogen) atoms. The van der Waals surface area contributed by atoms with Crippen LogP contribution in [0.4, 0.5) is 5.69 Å². The zero-order valence-electron chi connectivity index (χ0n) is 15.8. The quantitative estimate of drug-likeness (QED) is 0.486. The Morgan fingerprint density at radius 3 is 2.23 bits per heavy atom. The van der Waals surface area contributed by atoms with Crippen LogP contribution in [0.5, 0.6) is 17.4 Å². The average Bonchev–Trinajstić information content (AvgIpc) is 3.30. The fraction of sp³-hybridized carbons (Fsp3) is 0.0500. The minimum Gasteiger partial charge on any atom is -0.497 e. The Kier molecular flexibility index (Phi) is 5.31. The normalized spacial score (nSPS) is 11.1. The second-order valence-corrected chi connectivity index (χ2v) is 7.79. The molecule has 10 heteroatoms. The maximum atomic E-state index is 12.5. The molecule has 0 unspecified atom stereocenters. The van der Waals surface area contributed by atoms with E-state index in [9.17, 15) is 8.42 Å². The zero-order chi connectivity index (χ0) is 21.0. The third kappa shape index (κ3) is 4.39. The van der Waals surface area contributed by atoms with Crippen LogP contribution in [-0.2, 0) is 10.0 Å².